The van der Waals surface area contributed by atoms with Gasteiger partial charge in [0.15, 0.2) is 11.6 Å². The second kappa shape index (κ2) is 8.16. The van der Waals surface area contributed by atoms with E-state index in [-0.39, 0.29) is 5.92 Å². The summed E-state index contributed by atoms with van der Waals surface area (Å²) >= 11 is 0. The fourth-order valence-electron chi connectivity index (χ4n) is 5.26. The van der Waals surface area contributed by atoms with Crippen LogP contribution in [0.4, 0.5) is 8.78 Å². The van der Waals surface area contributed by atoms with E-state index in [4.69, 9.17) is 5.73 Å². The minimum Gasteiger partial charge on any atom is -0.327 e. The first-order valence-corrected chi connectivity index (χ1v) is 10.2. The maximum absolute atomic E-state index is 14.3. The van der Waals surface area contributed by atoms with Crippen molar-refractivity contribution in [1.82, 2.24) is 0 Å². The number of halogens is 2. The number of aryl methyl sites for hydroxylation is 1. The Morgan fingerprint density at radius 3 is 2.04 bits per heavy atom. The maximum atomic E-state index is 14.3. The van der Waals surface area contributed by atoms with Crippen LogP contribution in [-0.4, -0.2) is 6.04 Å². The number of nitrogens with two attached hydrogens (primary N) is 1. The molecule has 2 aliphatic rings. The van der Waals surface area contributed by atoms with Crippen LogP contribution < -0.4 is 5.73 Å². The van der Waals surface area contributed by atoms with Gasteiger partial charge >= 0.3 is 0 Å². The largest absolute Gasteiger partial charge is 0.327 e. The zero-order valence-electron chi connectivity index (χ0n) is 15.7. The summed E-state index contributed by atoms with van der Waals surface area (Å²) in [4.78, 5) is 0. The summed E-state index contributed by atoms with van der Waals surface area (Å²) in [5, 5.41) is 0. The van der Waals surface area contributed by atoms with Crippen molar-refractivity contribution in [2.75, 3.05) is 0 Å². The first-order valence-electron chi connectivity index (χ1n) is 10.2. The van der Waals surface area contributed by atoms with Gasteiger partial charge in [-0.25, -0.2) is 8.78 Å². The molecule has 25 heavy (non-hydrogen) atoms. The summed E-state index contributed by atoms with van der Waals surface area (Å²) in [7, 11) is 0. The number of rotatable bonds is 4. The minimum atomic E-state index is -0.662. The van der Waals surface area contributed by atoms with E-state index in [0.717, 1.165) is 43.9 Å². The molecule has 2 N–H and O–H groups in total. The van der Waals surface area contributed by atoms with E-state index >= 15 is 0 Å². The van der Waals surface area contributed by atoms with Gasteiger partial charge in [-0.1, -0.05) is 19.1 Å². The van der Waals surface area contributed by atoms with Gasteiger partial charge in [0, 0.05) is 6.04 Å². The lowest BCUT2D eigenvalue weighted by Crippen LogP contribution is -2.34. The van der Waals surface area contributed by atoms with Crippen LogP contribution in [0.5, 0.6) is 0 Å². The van der Waals surface area contributed by atoms with Gasteiger partial charge in [-0.3, -0.25) is 0 Å². The first-order chi connectivity index (χ1) is 12.0. The zero-order chi connectivity index (χ0) is 18.0. The van der Waals surface area contributed by atoms with E-state index in [0.29, 0.717) is 23.1 Å². The molecule has 2 fully saturated rings. The lowest BCUT2D eigenvalue weighted by atomic mass is 9.67. The molecule has 0 heterocycles. The van der Waals surface area contributed by atoms with Crippen LogP contribution in [0.3, 0.4) is 0 Å². The van der Waals surface area contributed by atoms with Crippen molar-refractivity contribution in [3.05, 3.63) is 34.9 Å². The van der Waals surface area contributed by atoms with Crippen LogP contribution >= 0.6 is 0 Å². The van der Waals surface area contributed by atoms with Crippen LogP contribution in [0.15, 0.2) is 12.1 Å². The van der Waals surface area contributed by atoms with Gasteiger partial charge in [-0.05, 0) is 99.5 Å². The Morgan fingerprint density at radius 1 is 0.920 bits per heavy atom. The van der Waals surface area contributed by atoms with Crippen molar-refractivity contribution in [3.63, 3.8) is 0 Å². The Bertz CT molecular complexity index is 570. The average molecular weight is 350 g/mol. The highest BCUT2D eigenvalue weighted by Gasteiger charge is 2.33. The summed E-state index contributed by atoms with van der Waals surface area (Å²) in [6.07, 6.45) is 10.6. The van der Waals surface area contributed by atoms with E-state index in [1.54, 1.807) is 19.1 Å². The summed E-state index contributed by atoms with van der Waals surface area (Å²) in [6, 6.07) is 3.89. The second-order valence-corrected chi connectivity index (χ2v) is 8.46. The topological polar surface area (TPSA) is 26.0 Å². The van der Waals surface area contributed by atoms with Crippen LogP contribution in [0.25, 0.3) is 0 Å². The second-order valence-electron chi connectivity index (χ2n) is 8.46. The average Bonchev–Trinajstić information content (AvgIpc) is 2.66. The smallest absolute Gasteiger partial charge is 0.162 e. The molecule has 140 valence electrons. The van der Waals surface area contributed by atoms with Crippen molar-refractivity contribution in [2.45, 2.75) is 83.6 Å². The van der Waals surface area contributed by atoms with Gasteiger partial charge in [0.1, 0.15) is 0 Å². The van der Waals surface area contributed by atoms with Crippen LogP contribution in [0, 0.1) is 36.3 Å². The molecule has 2 saturated carbocycles. The molecular weight excluding hydrogens is 316 g/mol. The van der Waals surface area contributed by atoms with E-state index < -0.39 is 11.6 Å². The van der Waals surface area contributed by atoms with Crippen molar-refractivity contribution >= 4 is 0 Å². The number of benzene rings is 1. The lowest BCUT2D eigenvalue weighted by molar-refractivity contribution is 0.148. The molecule has 0 aliphatic heterocycles. The highest BCUT2D eigenvalue weighted by Crippen LogP contribution is 2.45. The Kier molecular flexibility index (Phi) is 6.14. The Balaban J connectivity index is 1.54. The molecule has 1 unspecified atom stereocenters. The molecule has 0 amide bonds. The van der Waals surface area contributed by atoms with Gasteiger partial charge in [-0.2, -0.15) is 0 Å². The van der Waals surface area contributed by atoms with Gasteiger partial charge in [0.25, 0.3) is 0 Å². The summed E-state index contributed by atoms with van der Waals surface area (Å²) in [6.45, 7) is 3.81. The molecule has 3 heteroatoms. The molecular formula is C22H33F2N. The van der Waals surface area contributed by atoms with Crippen molar-refractivity contribution in [2.24, 2.45) is 23.5 Å². The van der Waals surface area contributed by atoms with Gasteiger partial charge in [0.05, 0.1) is 0 Å². The Hall–Kier alpha value is -0.960. The summed E-state index contributed by atoms with van der Waals surface area (Å²) < 4.78 is 28.1. The highest BCUT2D eigenvalue weighted by atomic mass is 19.2. The molecule has 2 aliphatic carbocycles. The van der Waals surface area contributed by atoms with Crippen LogP contribution in [0.1, 0.15) is 81.8 Å². The molecule has 0 radical (unpaired) electrons. The summed E-state index contributed by atoms with van der Waals surface area (Å²) in [5.74, 6) is 1.22. The van der Waals surface area contributed by atoms with Gasteiger partial charge < -0.3 is 5.73 Å². The molecule has 1 atom stereocenters. The third-order valence-corrected chi connectivity index (χ3v) is 7.08. The third kappa shape index (κ3) is 4.07. The molecule has 0 aromatic heterocycles. The molecule has 0 saturated heterocycles. The first kappa shape index (κ1) is 18.8. The Morgan fingerprint density at radius 2 is 1.48 bits per heavy atom. The maximum Gasteiger partial charge on any atom is 0.162 e. The van der Waals surface area contributed by atoms with Crippen LogP contribution in [-0.2, 0) is 0 Å². The van der Waals surface area contributed by atoms with Gasteiger partial charge in [-0.15, -0.1) is 0 Å². The zero-order valence-corrected chi connectivity index (χ0v) is 15.7. The van der Waals surface area contributed by atoms with Crippen molar-refractivity contribution in [1.29, 1.82) is 0 Å². The number of hydrogen-bond acceptors (Lipinski definition) is 1. The molecule has 1 nitrogen and oxygen atoms in total. The quantitative estimate of drug-likeness (QED) is 0.699. The van der Waals surface area contributed by atoms with Crippen molar-refractivity contribution in [3.8, 4) is 0 Å². The molecule has 0 spiro atoms. The fourth-order valence-corrected chi connectivity index (χ4v) is 5.26. The molecule has 0 bridgehead atoms. The third-order valence-electron chi connectivity index (χ3n) is 7.08. The minimum absolute atomic E-state index is 0.191. The lowest BCUT2D eigenvalue weighted by Gasteiger charge is -2.39. The van der Waals surface area contributed by atoms with E-state index in [1.165, 1.54) is 25.7 Å². The highest BCUT2D eigenvalue weighted by molar-refractivity contribution is 5.28. The SMILES string of the molecule is CCC(N)C1CCC(C2CCC(c3ccc(C)c(F)c3F)CC2)CC1. The monoisotopic (exact) mass is 349 g/mol. The van der Waals surface area contributed by atoms with E-state index in [2.05, 4.69) is 6.92 Å². The molecule has 1 aromatic carbocycles. The predicted octanol–water partition coefficient (Wildman–Crippen LogP) is 6.09. The summed E-state index contributed by atoms with van der Waals surface area (Å²) in [5.41, 5.74) is 7.22. The normalized spacial score (nSPS) is 31.7. The van der Waals surface area contributed by atoms with E-state index in [1.807, 2.05) is 0 Å². The van der Waals surface area contributed by atoms with Crippen LogP contribution in [0.2, 0.25) is 0 Å². The van der Waals surface area contributed by atoms with Gasteiger partial charge in [0.2, 0.25) is 0 Å². The van der Waals surface area contributed by atoms with E-state index in [9.17, 15) is 8.78 Å². The van der Waals surface area contributed by atoms with Crippen molar-refractivity contribution < 1.29 is 8.78 Å². The molecule has 1 aromatic rings. The Labute approximate surface area is 151 Å². The number of hydrogen-bond donors (Lipinski definition) is 1. The standard InChI is InChI=1S/C22H33F2N/c1-3-20(25)18-11-7-16(8-12-18)15-5-9-17(10-6-15)19-13-4-14(2)21(23)22(19)24/h4,13,15-18,20H,3,5-12,25H2,1-2H3. The molecule has 3 rings (SSSR count). The predicted molar refractivity (Wildman–Crippen MR) is 99.5 cm³/mol. The fraction of sp³-hybridized carbons (Fsp3) is 0.727.